The molecule has 0 aliphatic carbocycles. The Labute approximate surface area is 198 Å². The van der Waals surface area contributed by atoms with E-state index >= 15 is 0 Å². The van der Waals surface area contributed by atoms with Crippen LogP contribution in [0.15, 0.2) is 65.3 Å². The lowest BCUT2D eigenvalue weighted by Crippen LogP contribution is -2.42. The molecule has 7 heteroatoms. The Bertz CT molecular complexity index is 1190. The van der Waals surface area contributed by atoms with Crippen LogP contribution in [0.4, 0.5) is 0 Å². The zero-order valence-corrected chi connectivity index (χ0v) is 19.4. The van der Waals surface area contributed by atoms with Gasteiger partial charge in [-0.15, -0.1) is 0 Å². The van der Waals surface area contributed by atoms with Crippen LogP contribution in [-0.4, -0.2) is 55.5 Å². The van der Waals surface area contributed by atoms with E-state index in [1.807, 2.05) is 35.2 Å². The Balaban J connectivity index is 1.48. The largest absolute Gasteiger partial charge is 0.497 e. The zero-order valence-electron chi connectivity index (χ0n) is 19.4. The van der Waals surface area contributed by atoms with Crippen molar-refractivity contribution >= 4 is 11.8 Å². The van der Waals surface area contributed by atoms with E-state index in [1.165, 1.54) is 17.4 Å². The number of carbonyl (C=O) groups is 2. The van der Waals surface area contributed by atoms with Crippen LogP contribution in [0, 0.1) is 5.92 Å². The highest BCUT2D eigenvalue weighted by Crippen LogP contribution is 2.41. The molecule has 1 fully saturated rings. The van der Waals surface area contributed by atoms with Gasteiger partial charge in [0, 0.05) is 37.7 Å². The average molecular weight is 461 g/mol. The minimum Gasteiger partial charge on any atom is -0.497 e. The highest BCUT2D eigenvalue weighted by molar-refractivity contribution is 5.93. The third-order valence-electron chi connectivity index (χ3n) is 6.93. The summed E-state index contributed by atoms with van der Waals surface area (Å²) in [6, 6.07) is 17.2. The molecule has 2 aromatic carbocycles. The van der Waals surface area contributed by atoms with Gasteiger partial charge in [0.25, 0.3) is 5.91 Å². The van der Waals surface area contributed by atoms with Crippen molar-refractivity contribution in [1.82, 2.24) is 9.80 Å². The van der Waals surface area contributed by atoms with Gasteiger partial charge in [-0.3, -0.25) is 9.59 Å². The molecule has 2 unspecified atom stereocenters. The first-order valence-electron chi connectivity index (χ1n) is 11.5. The molecular weight excluding hydrogens is 432 g/mol. The number of hydrogen-bond donors (Lipinski definition) is 0. The molecule has 176 valence electrons. The number of likely N-dealkylation sites (tertiary alicyclic amines) is 1. The van der Waals surface area contributed by atoms with Gasteiger partial charge in [-0.25, -0.2) is 0 Å². The SMILES string of the molecule is COc1ccc(OC)c(C2CN(C(=O)c3ccco3)CC2C(=O)N2CCc3ccccc3C2)c1. The Kier molecular flexibility index (Phi) is 6.01. The number of hydrogen-bond acceptors (Lipinski definition) is 5. The summed E-state index contributed by atoms with van der Waals surface area (Å²) in [6.45, 7) is 1.96. The fourth-order valence-electron chi connectivity index (χ4n) is 5.14. The molecular formula is C27H28N2O5. The molecule has 2 amide bonds. The van der Waals surface area contributed by atoms with Crippen molar-refractivity contribution in [3.8, 4) is 11.5 Å². The fraction of sp³-hybridized carbons (Fsp3) is 0.333. The van der Waals surface area contributed by atoms with Crippen LogP contribution in [0.5, 0.6) is 11.5 Å². The van der Waals surface area contributed by atoms with Gasteiger partial charge in [0.05, 0.1) is 26.4 Å². The van der Waals surface area contributed by atoms with E-state index in [0.717, 1.165) is 12.0 Å². The maximum atomic E-state index is 13.9. The number of methoxy groups -OCH3 is 2. The Morgan fingerprint density at radius 3 is 2.50 bits per heavy atom. The molecule has 0 saturated carbocycles. The van der Waals surface area contributed by atoms with Gasteiger partial charge in [0.2, 0.25) is 5.91 Å². The maximum absolute atomic E-state index is 13.9. The summed E-state index contributed by atoms with van der Waals surface area (Å²) < 4.78 is 16.4. The van der Waals surface area contributed by atoms with Crippen molar-refractivity contribution in [2.24, 2.45) is 5.92 Å². The second kappa shape index (κ2) is 9.25. The van der Waals surface area contributed by atoms with Gasteiger partial charge in [0.1, 0.15) is 11.5 Å². The molecule has 2 atom stereocenters. The van der Waals surface area contributed by atoms with Gasteiger partial charge in [-0.2, -0.15) is 0 Å². The first-order chi connectivity index (χ1) is 16.6. The Hall–Kier alpha value is -3.74. The van der Waals surface area contributed by atoms with Crippen molar-refractivity contribution in [2.75, 3.05) is 33.9 Å². The molecule has 1 saturated heterocycles. The molecule has 0 N–H and O–H groups in total. The van der Waals surface area contributed by atoms with Crippen molar-refractivity contribution in [2.45, 2.75) is 18.9 Å². The van der Waals surface area contributed by atoms with Crippen LogP contribution in [0.3, 0.4) is 0 Å². The molecule has 0 bridgehead atoms. The summed E-state index contributed by atoms with van der Waals surface area (Å²) >= 11 is 0. The molecule has 7 nitrogen and oxygen atoms in total. The molecule has 3 heterocycles. The van der Waals surface area contributed by atoms with Gasteiger partial charge in [-0.1, -0.05) is 24.3 Å². The summed E-state index contributed by atoms with van der Waals surface area (Å²) in [6.07, 6.45) is 2.32. The lowest BCUT2D eigenvalue weighted by atomic mass is 9.86. The van der Waals surface area contributed by atoms with Crippen LogP contribution < -0.4 is 9.47 Å². The predicted octanol–water partition coefficient (Wildman–Crippen LogP) is 3.74. The number of rotatable bonds is 5. The first kappa shape index (κ1) is 22.1. The quantitative estimate of drug-likeness (QED) is 0.580. The topological polar surface area (TPSA) is 72.2 Å². The fourth-order valence-corrected chi connectivity index (χ4v) is 5.14. The number of fused-ring (bicyclic) bond motifs is 1. The van der Waals surface area contributed by atoms with E-state index in [0.29, 0.717) is 37.7 Å². The smallest absolute Gasteiger partial charge is 0.289 e. The molecule has 34 heavy (non-hydrogen) atoms. The monoisotopic (exact) mass is 460 g/mol. The summed E-state index contributed by atoms with van der Waals surface area (Å²) in [4.78, 5) is 30.7. The zero-order chi connectivity index (χ0) is 23.7. The predicted molar refractivity (Wildman–Crippen MR) is 126 cm³/mol. The number of ether oxygens (including phenoxy) is 2. The molecule has 5 rings (SSSR count). The maximum Gasteiger partial charge on any atom is 0.289 e. The molecule has 2 aliphatic heterocycles. The van der Waals surface area contributed by atoms with Crippen LogP contribution in [0.25, 0.3) is 0 Å². The van der Waals surface area contributed by atoms with Crippen molar-refractivity contribution in [3.05, 3.63) is 83.3 Å². The third-order valence-corrected chi connectivity index (χ3v) is 6.93. The van der Waals surface area contributed by atoms with E-state index in [9.17, 15) is 9.59 Å². The van der Waals surface area contributed by atoms with Gasteiger partial charge < -0.3 is 23.7 Å². The summed E-state index contributed by atoms with van der Waals surface area (Å²) in [5.74, 6) is 0.857. The molecule has 3 aromatic rings. The van der Waals surface area contributed by atoms with Crippen LogP contribution in [0.1, 0.15) is 33.2 Å². The average Bonchev–Trinajstić information content (AvgIpc) is 3.58. The van der Waals surface area contributed by atoms with Gasteiger partial charge in [0.15, 0.2) is 5.76 Å². The van der Waals surface area contributed by atoms with E-state index < -0.39 is 5.92 Å². The number of amides is 2. The minimum absolute atomic E-state index is 0.0547. The summed E-state index contributed by atoms with van der Waals surface area (Å²) in [7, 11) is 3.23. The lowest BCUT2D eigenvalue weighted by molar-refractivity contribution is -0.136. The molecule has 2 aliphatic rings. The number of benzene rings is 2. The highest BCUT2D eigenvalue weighted by atomic mass is 16.5. The summed E-state index contributed by atoms with van der Waals surface area (Å²) in [5.41, 5.74) is 3.34. The molecule has 1 aromatic heterocycles. The Morgan fingerprint density at radius 1 is 0.941 bits per heavy atom. The van der Waals surface area contributed by atoms with Gasteiger partial charge >= 0.3 is 0 Å². The summed E-state index contributed by atoms with van der Waals surface area (Å²) in [5, 5.41) is 0. The number of furan rings is 1. The van der Waals surface area contributed by atoms with Crippen LogP contribution in [-0.2, 0) is 17.8 Å². The minimum atomic E-state index is -0.398. The highest BCUT2D eigenvalue weighted by Gasteiger charge is 2.44. The molecule has 0 spiro atoms. The second-order valence-corrected chi connectivity index (χ2v) is 8.79. The van der Waals surface area contributed by atoms with Gasteiger partial charge in [-0.05, 0) is 47.9 Å². The van der Waals surface area contributed by atoms with E-state index in [1.54, 1.807) is 31.3 Å². The van der Waals surface area contributed by atoms with Crippen molar-refractivity contribution in [3.63, 3.8) is 0 Å². The lowest BCUT2D eigenvalue weighted by Gasteiger charge is -2.32. The van der Waals surface area contributed by atoms with Crippen molar-refractivity contribution in [1.29, 1.82) is 0 Å². The van der Waals surface area contributed by atoms with E-state index in [4.69, 9.17) is 13.9 Å². The standard InChI is InChI=1S/C27H28N2O5/c1-32-20-9-10-24(33-2)21(14-20)22-16-29(27(31)25-8-5-13-34-25)17-23(22)26(30)28-12-11-18-6-3-4-7-19(18)15-28/h3-10,13-14,22-23H,11-12,15-17H2,1-2H3. The third kappa shape index (κ3) is 4.02. The first-order valence-corrected chi connectivity index (χ1v) is 11.5. The second-order valence-electron chi connectivity index (χ2n) is 8.79. The number of nitrogens with zero attached hydrogens (tertiary/aromatic N) is 2. The number of carbonyl (C=O) groups excluding carboxylic acids is 2. The van der Waals surface area contributed by atoms with E-state index in [-0.39, 0.29) is 23.5 Å². The van der Waals surface area contributed by atoms with Crippen molar-refractivity contribution < 1.29 is 23.5 Å². The van der Waals surface area contributed by atoms with Crippen LogP contribution >= 0.6 is 0 Å². The molecule has 0 radical (unpaired) electrons. The Morgan fingerprint density at radius 2 is 1.76 bits per heavy atom. The van der Waals surface area contributed by atoms with Crippen LogP contribution in [0.2, 0.25) is 0 Å². The normalized spacial score (nSPS) is 19.6. The van der Waals surface area contributed by atoms with E-state index in [2.05, 4.69) is 12.1 Å².